The van der Waals surface area contributed by atoms with Crippen LogP contribution >= 0.6 is 15.2 Å². The van der Waals surface area contributed by atoms with Crippen molar-refractivity contribution in [2.24, 2.45) is 0 Å². The highest BCUT2D eigenvalue weighted by Crippen LogP contribution is 2.67. The number of rotatable bonds is 18. The molecule has 0 aromatic heterocycles. The molecule has 0 saturated carbocycles. The maximum Gasteiger partial charge on any atom is 0.364 e. The molecule has 0 atom stereocenters. The first-order valence-electron chi connectivity index (χ1n) is 14.2. The van der Waals surface area contributed by atoms with Gasteiger partial charge in [0.1, 0.15) is 0 Å². The number of hydrogen-bond acceptors (Lipinski definition) is 2. The molecule has 1 aromatic rings. The zero-order valence-electron chi connectivity index (χ0n) is 23.6. The fourth-order valence-electron chi connectivity index (χ4n) is 5.22. The average Bonchev–Trinajstić information content (AvgIpc) is 2.83. The molecule has 0 aliphatic rings. The standard InChI is InChI=1S/C29H50O6P2/c1-6-11-12-13-14-15-16-17-18-19-20-21-27-25(9-4)24(8-3)23(7-2)22-28(27)26(10-5)29(36(30,31)32)37(33,34)35/h20-22H,6-19H2,1-5H3,(H2,30,31,32)(H2,33,34,35). The molecule has 0 fully saturated rings. The van der Waals surface area contributed by atoms with Crippen molar-refractivity contribution in [3.63, 3.8) is 0 Å². The fraction of sp³-hybridized carbons (Fsp3) is 0.655. The van der Waals surface area contributed by atoms with Crippen molar-refractivity contribution in [1.29, 1.82) is 0 Å². The first kappa shape index (κ1) is 34.0. The van der Waals surface area contributed by atoms with Crippen LogP contribution in [0.5, 0.6) is 0 Å². The van der Waals surface area contributed by atoms with E-state index in [-0.39, 0.29) is 12.0 Å². The second kappa shape index (κ2) is 16.9. The third kappa shape index (κ3) is 10.6. The predicted molar refractivity (Wildman–Crippen MR) is 157 cm³/mol. The van der Waals surface area contributed by atoms with Crippen molar-refractivity contribution in [3.05, 3.63) is 45.0 Å². The Kier molecular flexibility index (Phi) is 15.5. The molecule has 0 aliphatic carbocycles. The molecule has 0 unspecified atom stereocenters. The number of aryl methyl sites for hydroxylation is 1. The van der Waals surface area contributed by atoms with E-state index in [0.717, 1.165) is 48.8 Å². The van der Waals surface area contributed by atoms with Crippen LogP contribution in [0.15, 0.2) is 17.2 Å². The van der Waals surface area contributed by atoms with Crippen LogP contribution in [0.3, 0.4) is 0 Å². The predicted octanol–water partition coefficient (Wildman–Crippen LogP) is 8.74. The summed E-state index contributed by atoms with van der Waals surface area (Å²) in [5.74, 6) is 0. The highest BCUT2D eigenvalue weighted by atomic mass is 31.2. The molecule has 37 heavy (non-hydrogen) atoms. The Balaban J connectivity index is 3.37. The van der Waals surface area contributed by atoms with E-state index in [9.17, 15) is 28.7 Å². The van der Waals surface area contributed by atoms with Crippen molar-refractivity contribution in [3.8, 4) is 0 Å². The highest BCUT2D eigenvalue weighted by molar-refractivity contribution is 7.77. The van der Waals surface area contributed by atoms with Gasteiger partial charge in [-0.3, -0.25) is 9.13 Å². The molecule has 0 saturated heterocycles. The van der Waals surface area contributed by atoms with Gasteiger partial charge >= 0.3 is 15.2 Å². The van der Waals surface area contributed by atoms with Crippen molar-refractivity contribution >= 4 is 26.8 Å². The zero-order chi connectivity index (χ0) is 28.1. The largest absolute Gasteiger partial charge is 0.364 e. The fourth-order valence-corrected chi connectivity index (χ4v) is 7.84. The summed E-state index contributed by atoms with van der Waals surface area (Å²) in [7, 11) is -10.4. The molecule has 1 rings (SSSR count). The number of unbranched alkanes of at least 4 members (excludes halogenated alkanes) is 9. The van der Waals surface area contributed by atoms with Crippen LogP contribution in [0.4, 0.5) is 0 Å². The summed E-state index contributed by atoms with van der Waals surface area (Å²) in [6.45, 7) is 10.1. The second-order valence-electron chi connectivity index (χ2n) is 9.78. The van der Waals surface area contributed by atoms with E-state index in [1.807, 2.05) is 19.1 Å². The minimum absolute atomic E-state index is 0.0523. The maximum absolute atomic E-state index is 12.3. The Bertz CT molecular complexity index is 976. The van der Waals surface area contributed by atoms with E-state index in [2.05, 4.69) is 26.8 Å². The van der Waals surface area contributed by atoms with E-state index in [1.165, 1.54) is 56.9 Å². The lowest BCUT2D eigenvalue weighted by Gasteiger charge is -2.23. The molecule has 4 N–H and O–H groups in total. The van der Waals surface area contributed by atoms with E-state index in [0.29, 0.717) is 5.56 Å². The van der Waals surface area contributed by atoms with Gasteiger partial charge in [0, 0.05) is 0 Å². The summed E-state index contributed by atoms with van der Waals surface area (Å²) in [6, 6.07) is 1.89. The van der Waals surface area contributed by atoms with E-state index >= 15 is 0 Å². The number of allylic oxidation sites excluding steroid dienone is 2. The molecule has 0 spiro atoms. The summed E-state index contributed by atoms with van der Waals surface area (Å²) in [5.41, 5.74) is 4.74. The molecule has 1 aromatic carbocycles. The van der Waals surface area contributed by atoms with Crippen LogP contribution in [0.25, 0.3) is 11.6 Å². The Labute approximate surface area is 225 Å². The van der Waals surface area contributed by atoms with Gasteiger partial charge in [0.25, 0.3) is 0 Å². The topological polar surface area (TPSA) is 115 Å². The van der Waals surface area contributed by atoms with Gasteiger partial charge in [-0.05, 0) is 71.9 Å². The minimum atomic E-state index is -5.19. The molecular weight excluding hydrogens is 506 g/mol. The Hall–Kier alpha value is -1.00. The average molecular weight is 557 g/mol. The SMILES string of the molecule is CCCCCCCCCCCC=Cc1c(C(CC)=C(P(=O)(O)O)P(=O)(O)O)cc(CC)c(CC)c1CC. The molecule has 0 heterocycles. The van der Waals surface area contributed by atoms with Crippen LogP contribution in [-0.2, 0) is 28.4 Å². The monoisotopic (exact) mass is 556 g/mol. The molecule has 0 amide bonds. The summed E-state index contributed by atoms with van der Waals surface area (Å²) >= 11 is 0. The summed E-state index contributed by atoms with van der Waals surface area (Å²) in [5, 5.41) is -1.05. The zero-order valence-corrected chi connectivity index (χ0v) is 25.4. The van der Waals surface area contributed by atoms with Gasteiger partial charge in [-0.15, -0.1) is 0 Å². The second-order valence-corrected chi connectivity index (χ2v) is 13.2. The highest BCUT2D eigenvalue weighted by Gasteiger charge is 2.39. The molecular formula is C29H50O6P2. The minimum Gasteiger partial charge on any atom is -0.321 e. The molecule has 0 radical (unpaired) electrons. The van der Waals surface area contributed by atoms with Crippen molar-refractivity contribution in [1.82, 2.24) is 0 Å². The van der Waals surface area contributed by atoms with Gasteiger partial charge in [0.05, 0.1) is 0 Å². The van der Waals surface area contributed by atoms with Gasteiger partial charge in [-0.2, -0.15) is 0 Å². The van der Waals surface area contributed by atoms with Gasteiger partial charge in [-0.1, -0.05) is 104 Å². The summed E-state index contributed by atoms with van der Waals surface area (Å²) in [6.07, 6.45) is 18.7. The molecule has 212 valence electrons. The number of benzene rings is 1. The third-order valence-corrected chi connectivity index (χ3v) is 10.2. The summed E-state index contributed by atoms with van der Waals surface area (Å²) < 4.78 is 24.6. The van der Waals surface area contributed by atoms with E-state index in [4.69, 9.17) is 0 Å². The number of hydrogen-bond donors (Lipinski definition) is 4. The lowest BCUT2D eigenvalue weighted by Crippen LogP contribution is -2.06. The lowest BCUT2D eigenvalue weighted by atomic mass is 9.85. The van der Waals surface area contributed by atoms with Crippen LogP contribution < -0.4 is 0 Å². The molecule has 0 aliphatic heterocycles. The van der Waals surface area contributed by atoms with Crippen LogP contribution in [0.1, 0.15) is 133 Å². The van der Waals surface area contributed by atoms with Crippen molar-refractivity contribution in [2.45, 2.75) is 125 Å². The van der Waals surface area contributed by atoms with Gasteiger partial charge in [0.15, 0.2) is 5.06 Å². The van der Waals surface area contributed by atoms with Gasteiger partial charge in [-0.25, -0.2) is 0 Å². The van der Waals surface area contributed by atoms with E-state index < -0.39 is 20.2 Å². The first-order valence-corrected chi connectivity index (χ1v) is 17.4. The van der Waals surface area contributed by atoms with Gasteiger partial charge < -0.3 is 19.6 Å². The van der Waals surface area contributed by atoms with Crippen LogP contribution in [0.2, 0.25) is 0 Å². The van der Waals surface area contributed by atoms with Crippen molar-refractivity contribution < 1.29 is 28.7 Å². The summed E-state index contributed by atoms with van der Waals surface area (Å²) in [4.78, 5) is 39.8. The Morgan fingerprint density at radius 3 is 1.68 bits per heavy atom. The van der Waals surface area contributed by atoms with Crippen LogP contribution in [0, 0.1) is 0 Å². The van der Waals surface area contributed by atoms with Gasteiger partial charge in [0.2, 0.25) is 0 Å². The van der Waals surface area contributed by atoms with Crippen molar-refractivity contribution in [2.75, 3.05) is 0 Å². The quantitative estimate of drug-likeness (QED) is 0.106. The molecule has 8 heteroatoms. The maximum atomic E-state index is 12.3. The molecule has 0 bridgehead atoms. The van der Waals surface area contributed by atoms with E-state index in [1.54, 1.807) is 6.92 Å². The van der Waals surface area contributed by atoms with Crippen LogP contribution in [-0.4, -0.2) is 19.6 Å². The Morgan fingerprint density at radius 2 is 1.24 bits per heavy atom. The third-order valence-electron chi connectivity index (χ3n) is 7.03. The Morgan fingerprint density at radius 1 is 0.730 bits per heavy atom. The lowest BCUT2D eigenvalue weighted by molar-refractivity contribution is 0.367. The molecule has 6 nitrogen and oxygen atoms in total. The normalized spacial score (nSPS) is 12.5. The first-order chi connectivity index (χ1) is 17.5. The smallest absolute Gasteiger partial charge is 0.321 e.